The number of rotatable bonds is 2. The van der Waals surface area contributed by atoms with Gasteiger partial charge >= 0.3 is 5.97 Å². The van der Waals surface area contributed by atoms with Crippen LogP contribution in [-0.2, 0) is 9.59 Å². The second-order valence-electron chi connectivity index (χ2n) is 4.43. The van der Waals surface area contributed by atoms with Crippen LogP contribution in [0.3, 0.4) is 0 Å². The number of benzene rings is 1. The third-order valence-electron chi connectivity index (χ3n) is 2.99. The number of amides is 1. The SMILES string of the molecule is Cc1ccc(C)c(N2CC(C(=O)O)SCC2=O)c1. The topological polar surface area (TPSA) is 57.6 Å². The van der Waals surface area contributed by atoms with Crippen LogP contribution in [0.2, 0.25) is 0 Å². The molecule has 1 aliphatic heterocycles. The molecule has 1 atom stereocenters. The molecule has 1 heterocycles. The van der Waals surface area contributed by atoms with Crippen LogP contribution in [0.25, 0.3) is 0 Å². The van der Waals surface area contributed by atoms with Crippen LogP contribution in [-0.4, -0.2) is 34.5 Å². The van der Waals surface area contributed by atoms with Crippen molar-refractivity contribution in [2.45, 2.75) is 19.1 Å². The van der Waals surface area contributed by atoms with Crippen molar-refractivity contribution in [3.05, 3.63) is 29.3 Å². The molecule has 1 N–H and O–H groups in total. The lowest BCUT2D eigenvalue weighted by atomic mass is 10.1. The molecule has 1 amide bonds. The summed E-state index contributed by atoms with van der Waals surface area (Å²) in [6, 6.07) is 5.87. The van der Waals surface area contributed by atoms with Crippen molar-refractivity contribution >= 4 is 29.3 Å². The summed E-state index contributed by atoms with van der Waals surface area (Å²) >= 11 is 1.20. The van der Waals surface area contributed by atoms with E-state index in [0.29, 0.717) is 0 Å². The Labute approximate surface area is 110 Å². The van der Waals surface area contributed by atoms with E-state index in [2.05, 4.69) is 0 Å². The summed E-state index contributed by atoms with van der Waals surface area (Å²) in [6.45, 7) is 4.13. The molecule has 1 unspecified atom stereocenters. The molecule has 1 fully saturated rings. The molecule has 1 aromatic carbocycles. The molecule has 1 saturated heterocycles. The van der Waals surface area contributed by atoms with Crippen molar-refractivity contribution in [1.82, 2.24) is 0 Å². The monoisotopic (exact) mass is 265 g/mol. The van der Waals surface area contributed by atoms with E-state index in [1.807, 2.05) is 32.0 Å². The van der Waals surface area contributed by atoms with Crippen molar-refractivity contribution < 1.29 is 14.7 Å². The first-order chi connectivity index (χ1) is 8.49. The molecule has 2 rings (SSSR count). The zero-order valence-corrected chi connectivity index (χ0v) is 11.2. The van der Waals surface area contributed by atoms with Crippen molar-refractivity contribution in [2.24, 2.45) is 0 Å². The minimum atomic E-state index is -0.859. The van der Waals surface area contributed by atoms with Crippen LogP contribution in [0.4, 0.5) is 5.69 Å². The number of thioether (sulfide) groups is 1. The Hall–Kier alpha value is -1.49. The van der Waals surface area contributed by atoms with Crippen molar-refractivity contribution in [3.63, 3.8) is 0 Å². The number of nitrogens with zero attached hydrogens (tertiary/aromatic N) is 1. The van der Waals surface area contributed by atoms with Gasteiger partial charge in [-0.1, -0.05) is 12.1 Å². The lowest BCUT2D eigenvalue weighted by Crippen LogP contribution is -2.45. The van der Waals surface area contributed by atoms with Gasteiger partial charge in [0.05, 0.1) is 5.75 Å². The number of carboxylic acid groups (broad SMARTS) is 1. The number of carbonyl (C=O) groups excluding carboxylic acids is 1. The van der Waals surface area contributed by atoms with Gasteiger partial charge in [-0.25, -0.2) is 0 Å². The van der Waals surface area contributed by atoms with E-state index >= 15 is 0 Å². The quantitative estimate of drug-likeness (QED) is 0.886. The van der Waals surface area contributed by atoms with E-state index in [1.165, 1.54) is 11.8 Å². The summed E-state index contributed by atoms with van der Waals surface area (Å²) in [6.07, 6.45) is 0. The zero-order valence-electron chi connectivity index (χ0n) is 10.3. The fourth-order valence-corrected chi connectivity index (χ4v) is 2.86. The van der Waals surface area contributed by atoms with Gasteiger partial charge in [0.25, 0.3) is 0 Å². The molecule has 0 aliphatic carbocycles. The minimum absolute atomic E-state index is 0.0220. The summed E-state index contributed by atoms with van der Waals surface area (Å²) in [7, 11) is 0. The third kappa shape index (κ3) is 2.51. The van der Waals surface area contributed by atoms with Crippen molar-refractivity contribution in [2.75, 3.05) is 17.2 Å². The van der Waals surface area contributed by atoms with Crippen molar-refractivity contribution in [1.29, 1.82) is 0 Å². The number of carboxylic acids is 1. The average Bonchev–Trinajstić information content (AvgIpc) is 2.33. The second kappa shape index (κ2) is 5.02. The van der Waals surface area contributed by atoms with Gasteiger partial charge in [0, 0.05) is 12.2 Å². The van der Waals surface area contributed by atoms with Gasteiger partial charge < -0.3 is 10.0 Å². The molecule has 0 radical (unpaired) electrons. The molecular weight excluding hydrogens is 250 g/mol. The molecule has 0 saturated carbocycles. The highest BCUT2D eigenvalue weighted by Crippen LogP contribution is 2.28. The maximum absolute atomic E-state index is 11.9. The van der Waals surface area contributed by atoms with E-state index in [0.717, 1.165) is 16.8 Å². The van der Waals surface area contributed by atoms with E-state index in [-0.39, 0.29) is 18.2 Å². The molecule has 1 aliphatic rings. The molecule has 18 heavy (non-hydrogen) atoms. The van der Waals surface area contributed by atoms with Gasteiger partial charge in [-0.3, -0.25) is 9.59 Å². The van der Waals surface area contributed by atoms with Crippen molar-refractivity contribution in [3.8, 4) is 0 Å². The van der Waals surface area contributed by atoms with Gasteiger partial charge in [0.2, 0.25) is 5.91 Å². The highest BCUT2D eigenvalue weighted by Gasteiger charge is 2.32. The maximum atomic E-state index is 11.9. The molecule has 0 spiro atoms. The molecule has 5 heteroatoms. The standard InChI is InChI=1S/C13H15NO3S/c1-8-3-4-9(2)10(5-8)14-6-11(13(16)17)18-7-12(14)15/h3-5,11H,6-7H2,1-2H3,(H,16,17). The normalized spacial score (nSPS) is 20.0. The maximum Gasteiger partial charge on any atom is 0.318 e. The first-order valence-corrected chi connectivity index (χ1v) is 6.76. The second-order valence-corrected chi connectivity index (χ2v) is 5.62. The summed E-state index contributed by atoms with van der Waals surface area (Å²) in [5.74, 6) is -0.654. The Bertz CT molecular complexity index is 501. The Balaban J connectivity index is 2.32. The van der Waals surface area contributed by atoms with E-state index in [1.54, 1.807) is 4.90 Å². The number of hydrogen-bond acceptors (Lipinski definition) is 3. The lowest BCUT2D eigenvalue weighted by Gasteiger charge is -2.31. The van der Waals surface area contributed by atoms with Gasteiger partial charge in [0.15, 0.2) is 0 Å². The first-order valence-electron chi connectivity index (χ1n) is 5.71. The number of aryl methyl sites for hydroxylation is 2. The fraction of sp³-hybridized carbons (Fsp3) is 0.385. The smallest absolute Gasteiger partial charge is 0.318 e. The number of aliphatic carboxylic acids is 1. The highest BCUT2D eigenvalue weighted by molar-refractivity contribution is 8.01. The van der Waals surface area contributed by atoms with Gasteiger partial charge in [-0.05, 0) is 31.0 Å². The molecule has 0 bridgehead atoms. The molecule has 1 aromatic rings. The third-order valence-corrected chi connectivity index (χ3v) is 4.16. The number of anilines is 1. The van der Waals surface area contributed by atoms with Crippen LogP contribution >= 0.6 is 11.8 Å². The molecule has 0 aromatic heterocycles. The largest absolute Gasteiger partial charge is 0.480 e. The Kier molecular flexibility index (Phi) is 3.61. The number of hydrogen-bond donors (Lipinski definition) is 1. The molecule has 96 valence electrons. The summed E-state index contributed by atoms with van der Waals surface area (Å²) in [5, 5.41) is 8.52. The fourth-order valence-electron chi connectivity index (χ4n) is 1.96. The number of carbonyl (C=O) groups is 2. The van der Waals surface area contributed by atoms with E-state index < -0.39 is 11.2 Å². The molecule has 4 nitrogen and oxygen atoms in total. The van der Waals surface area contributed by atoms with E-state index in [4.69, 9.17) is 5.11 Å². The summed E-state index contributed by atoms with van der Waals surface area (Å²) in [4.78, 5) is 24.6. The van der Waals surface area contributed by atoms with Crippen LogP contribution in [0.1, 0.15) is 11.1 Å². The first kappa shape index (κ1) is 13.0. The Morgan fingerprint density at radius 3 is 2.83 bits per heavy atom. The van der Waals surface area contributed by atoms with Gasteiger partial charge in [-0.2, -0.15) is 0 Å². The summed E-state index contributed by atoms with van der Waals surface area (Å²) < 4.78 is 0. The average molecular weight is 265 g/mol. The van der Waals surface area contributed by atoms with E-state index in [9.17, 15) is 9.59 Å². The van der Waals surface area contributed by atoms with Crippen LogP contribution in [0, 0.1) is 13.8 Å². The van der Waals surface area contributed by atoms with Crippen LogP contribution in [0.5, 0.6) is 0 Å². The predicted octanol–water partition coefficient (Wildman–Crippen LogP) is 1.84. The van der Waals surface area contributed by atoms with Crippen LogP contribution < -0.4 is 4.90 Å². The van der Waals surface area contributed by atoms with Gasteiger partial charge in [0.1, 0.15) is 5.25 Å². The minimum Gasteiger partial charge on any atom is -0.480 e. The van der Waals surface area contributed by atoms with Crippen LogP contribution in [0.15, 0.2) is 18.2 Å². The Morgan fingerprint density at radius 2 is 2.17 bits per heavy atom. The Morgan fingerprint density at radius 1 is 1.44 bits per heavy atom. The zero-order chi connectivity index (χ0) is 13.3. The highest BCUT2D eigenvalue weighted by atomic mass is 32.2. The summed E-state index contributed by atoms with van der Waals surface area (Å²) in [5.41, 5.74) is 2.88. The molecular formula is C13H15NO3S. The predicted molar refractivity (Wildman–Crippen MR) is 72.2 cm³/mol. The van der Waals surface area contributed by atoms with Gasteiger partial charge in [-0.15, -0.1) is 11.8 Å². The lowest BCUT2D eigenvalue weighted by molar-refractivity contribution is -0.136.